The van der Waals surface area contributed by atoms with Crippen LogP contribution >= 0.6 is 0 Å². The molecule has 0 heteroatoms. The predicted molar refractivity (Wildman–Crippen MR) is 72.2 cm³/mol. The van der Waals surface area contributed by atoms with E-state index >= 15 is 0 Å². The van der Waals surface area contributed by atoms with E-state index in [0.29, 0.717) is 0 Å². The first-order valence-electron chi connectivity index (χ1n) is 5.71. The minimum atomic E-state index is 1.08. The van der Waals surface area contributed by atoms with Gasteiger partial charge in [0.2, 0.25) is 0 Å². The maximum absolute atomic E-state index is 4.01. The van der Waals surface area contributed by atoms with E-state index in [0.717, 1.165) is 12.0 Å². The molecule has 1 aromatic rings. The third-order valence-electron chi connectivity index (χ3n) is 3.11. The van der Waals surface area contributed by atoms with Crippen LogP contribution in [0.2, 0.25) is 0 Å². The Kier molecular flexibility index (Phi) is 2.82. The normalized spacial score (nSPS) is 14.7. The lowest BCUT2D eigenvalue weighted by Gasteiger charge is -2.10. The summed E-state index contributed by atoms with van der Waals surface area (Å²) in [5.74, 6) is 0. The fraction of sp³-hybridized carbons (Fsp3) is 0.250. The largest absolute Gasteiger partial charge is 0.0955 e. The second kappa shape index (κ2) is 4.13. The molecule has 0 spiro atoms. The van der Waals surface area contributed by atoms with Crippen molar-refractivity contribution in [3.8, 4) is 0 Å². The van der Waals surface area contributed by atoms with Crippen molar-refractivity contribution >= 4 is 11.1 Å². The predicted octanol–water partition coefficient (Wildman–Crippen LogP) is 4.76. The molecule has 0 aromatic heterocycles. The maximum Gasteiger partial charge on any atom is -0.00607 e. The molecule has 82 valence electrons. The lowest BCUT2D eigenvalue weighted by molar-refractivity contribution is 1.25. The first kappa shape index (κ1) is 10.9. The molecule has 0 N–H and O–H groups in total. The second-order valence-corrected chi connectivity index (χ2v) is 4.69. The molecule has 2 rings (SSSR count). The first-order valence-corrected chi connectivity index (χ1v) is 5.71. The molecule has 1 aliphatic carbocycles. The van der Waals surface area contributed by atoms with Gasteiger partial charge in [0.25, 0.3) is 0 Å². The number of hydrogen-bond acceptors (Lipinski definition) is 0. The van der Waals surface area contributed by atoms with Gasteiger partial charge in [-0.15, -0.1) is 0 Å². The summed E-state index contributed by atoms with van der Waals surface area (Å²) in [6, 6.07) is 6.60. The summed E-state index contributed by atoms with van der Waals surface area (Å²) in [6.45, 7) is 10.4. The summed E-state index contributed by atoms with van der Waals surface area (Å²) >= 11 is 0. The Morgan fingerprint density at radius 3 is 2.50 bits per heavy atom. The van der Waals surface area contributed by atoms with Gasteiger partial charge in [0.15, 0.2) is 0 Å². The molecule has 0 radical (unpaired) electrons. The maximum atomic E-state index is 4.01. The molecule has 1 aliphatic rings. The van der Waals surface area contributed by atoms with E-state index in [1.54, 1.807) is 0 Å². The summed E-state index contributed by atoms with van der Waals surface area (Å²) < 4.78 is 0. The van der Waals surface area contributed by atoms with Gasteiger partial charge in [0, 0.05) is 0 Å². The SMILES string of the molecule is C=C(C)c1ccc(C)c(C2=CC=C(C)C2)c1. The van der Waals surface area contributed by atoms with Gasteiger partial charge < -0.3 is 0 Å². The van der Waals surface area contributed by atoms with Crippen molar-refractivity contribution in [2.24, 2.45) is 0 Å². The van der Waals surface area contributed by atoms with Crippen LogP contribution in [0.1, 0.15) is 37.0 Å². The molecule has 0 saturated heterocycles. The molecule has 0 aliphatic heterocycles. The van der Waals surface area contributed by atoms with Gasteiger partial charge in [-0.05, 0) is 55.5 Å². The smallest absolute Gasteiger partial charge is 0.00607 e. The highest BCUT2D eigenvalue weighted by Gasteiger charge is 2.10. The fourth-order valence-electron chi connectivity index (χ4n) is 2.08. The van der Waals surface area contributed by atoms with Crippen LogP contribution in [0.25, 0.3) is 11.1 Å². The van der Waals surface area contributed by atoms with Crippen molar-refractivity contribution in [1.82, 2.24) is 0 Å². The molecule has 0 heterocycles. The summed E-state index contributed by atoms with van der Waals surface area (Å²) in [5, 5.41) is 0. The Balaban J connectivity index is 2.41. The van der Waals surface area contributed by atoms with Gasteiger partial charge in [0.1, 0.15) is 0 Å². The topological polar surface area (TPSA) is 0 Å². The Hall–Kier alpha value is -1.56. The third kappa shape index (κ3) is 2.01. The van der Waals surface area contributed by atoms with E-state index in [4.69, 9.17) is 0 Å². The van der Waals surface area contributed by atoms with Gasteiger partial charge in [0.05, 0.1) is 0 Å². The van der Waals surface area contributed by atoms with E-state index in [1.165, 1.54) is 27.8 Å². The van der Waals surface area contributed by atoms with Crippen LogP contribution in [-0.4, -0.2) is 0 Å². The zero-order valence-corrected chi connectivity index (χ0v) is 10.3. The molecule has 0 atom stereocenters. The Morgan fingerprint density at radius 1 is 1.19 bits per heavy atom. The minimum Gasteiger partial charge on any atom is -0.0955 e. The Bertz CT molecular complexity index is 499. The van der Waals surface area contributed by atoms with Crippen molar-refractivity contribution in [3.63, 3.8) is 0 Å². The monoisotopic (exact) mass is 210 g/mol. The van der Waals surface area contributed by atoms with E-state index < -0.39 is 0 Å². The number of rotatable bonds is 2. The summed E-state index contributed by atoms with van der Waals surface area (Å²) in [5.41, 5.74) is 7.96. The van der Waals surface area contributed by atoms with Crippen LogP contribution < -0.4 is 0 Å². The molecule has 16 heavy (non-hydrogen) atoms. The van der Waals surface area contributed by atoms with Crippen LogP contribution in [0.4, 0.5) is 0 Å². The number of benzene rings is 1. The van der Waals surface area contributed by atoms with Crippen molar-refractivity contribution in [1.29, 1.82) is 0 Å². The zero-order valence-electron chi connectivity index (χ0n) is 10.3. The number of aryl methyl sites for hydroxylation is 1. The molecule has 0 bridgehead atoms. The highest BCUT2D eigenvalue weighted by atomic mass is 14.1. The standard InChI is InChI=1S/C16H18/c1-11(2)14-8-6-13(4)16(10-14)15-7-5-12(3)9-15/h5-8,10H,1,9H2,2-4H3. The molecule has 0 fully saturated rings. The average Bonchev–Trinajstić information content (AvgIpc) is 2.65. The fourth-order valence-corrected chi connectivity index (χ4v) is 2.08. The van der Waals surface area contributed by atoms with E-state index in [2.05, 4.69) is 57.7 Å². The third-order valence-corrected chi connectivity index (χ3v) is 3.11. The van der Waals surface area contributed by atoms with Crippen LogP contribution in [0.5, 0.6) is 0 Å². The molecular weight excluding hydrogens is 192 g/mol. The van der Waals surface area contributed by atoms with E-state index in [9.17, 15) is 0 Å². The number of allylic oxidation sites excluding steroid dienone is 5. The van der Waals surface area contributed by atoms with Crippen LogP contribution in [0.15, 0.2) is 42.5 Å². The highest BCUT2D eigenvalue weighted by Crippen LogP contribution is 2.31. The van der Waals surface area contributed by atoms with Crippen LogP contribution in [0, 0.1) is 6.92 Å². The highest BCUT2D eigenvalue weighted by molar-refractivity contribution is 5.77. The molecule has 0 saturated carbocycles. The van der Waals surface area contributed by atoms with Gasteiger partial charge in [-0.1, -0.05) is 42.0 Å². The van der Waals surface area contributed by atoms with E-state index in [-0.39, 0.29) is 0 Å². The Morgan fingerprint density at radius 2 is 1.94 bits per heavy atom. The quantitative estimate of drug-likeness (QED) is 0.660. The molecule has 0 amide bonds. The molecular formula is C16H18. The van der Waals surface area contributed by atoms with Crippen molar-refractivity contribution in [2.75, 3.05) is 0 Å². The van der Waals surface area contributed by atoms with Crippen LogP contribution in [0.3, 0.4) is 0 Å². The zero-order chi connectivity index (χ0) is 11.7. The first-order chi connectivity index (χ1) is 7.58. The molecule has 0 unspecified atom stereocenters. The number of hydrogen-bond donors (Lipinski definition) is 0. The molecule has 1 aromatic carbocycles. The van der Waals surface area contributed by atoms with E-state index in [1.807, 2.05) is 0 Å². The lowest BCUT2D eigenvalue weighted by atomic mass is 9.95. The molecule has 0 nitrogen and oxygen atoms in total. The van der Waals surface area contributed by atoms with Crippen molar-refractivity contribution in [2.45, 2.75) is 27.2 Å². The van der Waals surface area contributed by atoms with Gasteiger partial charge in [-0.3, -0.25) is 0 Å². The van der Waals surface area contributed by atoms with Crippen molar-refractivity contribution < 1.29 is 0 Å². The van der Waals surface area contributed by atoms with Gasteiger partial charge in [-0.2, -0.15) is 0 Å². The Labute approximate surface area is 98.0 Å². The van der Waals surface area contributed by atoms with Gasteiger partial charge >= 0.3 is 0 Å². The summed E-state index contributed by atoms with van der Waals surface area (Å²) in [6.07, 6.45) is 5.53. The average molecular weight is 210 g/mol. The minimum absolute atomic E-state index is 1.08. The second-order valence-electron chi connectivity index (χ2n) is 4.69. The summed E-state index contributed by atoms with van der Waals surface area (Å²) in [4.78, 5) is 0. The summed E-state index contributed by atoms with van der Waals surface area (Å²) in [7, 11) is 0. The van der Waals surface area contributed by atoms with Crippen molar-refractivity contribution in [3.05, 3.63) is 59.2 Å². The van der Waals surface area contributed by atoms with Crippen LogP contribution in [-0.2, 0) is 0 Å². The van der Waals surface area contributed by atoms with Gasteiger partial charge in [-0.25, -0.2) is 0 Å². The lowest BCUT2D eigenvalue weighted by Crippen LogP contribution is -1.90.